The van der Waals surface area contributed by atoms with E-state index in [4.69, 9.17) is 16.3 Å². The van der Waals surface area contributed by atoms with Gasteiger partial charge in [0, 0.05) is 17.2 Å². The van der Waals surface area contributed by atoms with E-state index < -0.39 is 12.0 Å². The van der Waals surface area contributed by atoms with Crippen molar-refractivity contribution < 1.29 is 14.3 Å². The van der Waals surface area contributed by atoms with Gasteiger partial charge in [-0.15, -0.1) is 0 Å². The van der Waals surface area contributed by atoms with Gasteiger partial charge in [-0.3, -0.25) is 9.69 Å². The Morgan fingerprint density at radius 2 is 2.28 bits per heavy atom. The van der Waals surface area contributed by atoms with Crippen LogP contribution in [0.25, 0.3) is 0 Å². The van der Waals surface area contributed by atoms with Gasteiger partial charge >= 0.3 is 5.97 Å². The number of allylic oxidation sites excluding steroid dienone is 1. The van der Waals surface area contributed by atoms with Crippen LogP contribution in [0, 0.1) is 0 Å². The van der Waals surface area contributed by atoms with Crippen LogP contribution in [0.4, 0.5) is 0 Å². The number of esters is 1. The SMILES string of the molecule is C=CCOC(=O)C1=C(C)N=C2SCCC(=O)N2[C@@H]1c1ccccc1Cl. The van der Waals surface area contributed by atoms with Crippen LogP contribution in [0.2, 0.25) is 5.02 Å². The average Bonchev–Trinajstić information content (AvgIpc) is 2.59. The second-order valence-corrected chi connectivity index (χ2v) is 7.04. The van der Waals surface area contributed by atoms with Crippen LogP contribution in [0.3, 0.4) is 0 Å². The molecule has 3 rings (SSSR count). The summed E-state index contributed by atoms with van der Waals surface area (Å²) < 4.78 is 5.24. The minimum Gasteiger partial charge on any atom is -0.458 e. The van der Waals surface area contributed by atoms with E-state index in [-0.39, 0.29) is 12.5 Å². The summed E-state index contributed by atoms with van der Waals surface area (Å²) in [6.45, 7) is 5.39. The predicted molar refractivity (Wildman–Crippen MR) is 99.4 cm³/mol. The molecule has 130 valence electrons. The predicted octanol–water partition coefficient (Wildman–Crippen LogP) is 3.72. The van der Waals surface area contributed by atoms with E-state index in [9.17, 15) is 9.59 Å². The molecule has 0 saturated carbocycles. The molecular formula is C18H17ClN2O3S. The summed E-state index contributed by atoms with van der Waals surface area (Å²) in [5, 5.41) is 1.08. The fourth-order valence-electron chi connectivity index (χ4n) is 2.86. The lowest BCUT2D eigenvalue weighted by molar-refractivity contribution is -0.139. The Morgan fingerprint density at radius 3 is 3.00 bits per heavy atom. The summed E-state index contributed by atoms with van der Waals surface area (Å²) in [5.41, 5.74) is 1.54. The minimum atomic E-state index is -0.640. The molecule has 2 aliphatic heterocycles. The van der Waals surface area contributed by atoms with Crippen molar-refractivity contribution in [3.63, 3.8) is 0 Å². The number of nitrogens with zero attached hydrogens (tertiary/aromatic N) is 2. The fourth-order valence-corrected chi connectivity index (χ4v) is 4.11. The second kappa shape index (κ2) is 7.45. The summed E-state index contributed by atoms with van der Waals surface area (Å²) in [6, 6.07) is 6.56. The summed E-state index contributed by atoms with van der Waals surface area (Å²) in [7, 11) is 0. The first kappa shape index (κ1) is 17.8. The summed E-state index contributed by atoms with van der Waals surface area (Å²) >= 11 is 7.88. The van der Waals surface area contributed by atoms with Gasteiger partial charge in [-0.25, -0.2) is 9.79 Å². The Balaban J connectivity index is 2.15. The molecule has 0 spiro atoms. The first-order chi connectivity index (χ1) is 12.0. The molecule has 25 heavy (non-hydrogen) atoms. The lowest BCUT2D eigenvalue weighted by Gasteiger charge is -2.39. The number of hydrogen-bond donors (Lipinski definition) is 0. The number of rotatable bonds is 4. The molecule has 0 aliphatic carbocycles. The maximum Gasteiger partial charge on any atom is 0.338 e. The summed E-state index contributed by atoms with van der Waals surface area (Å²) in [5.74, 6) is 0.0739. The number of aliphatic imine (C=N–C) groups is 1. The molecular weight excluding hydrogens is 360 g/mol. The second-order valence-electron chi connectivity index (χ2n) is 5.57. The van der Waals surface area contributed by atoms with E-state index in [0.717, 1.165) is 0 Å². The molecule has 7 heteroatoms. The number of carbonyl (C=O) groups excluding carboxylic acids is 2. The molecule has 0 N–H and O–H groups in total. The number of halogens is 1. The molecule has 0 aromatic heterocycles. The van der Waals surface area contributed by atoms with Crippen molar-refractivity contribution in [3.8, 4) is 0 Å². The molecule has 2 heterocycles. The van der Waals surface area contributed by atoms with Gasteiger partial charge in [0.05, 0.1) is 17.3 Å². The van der Waals surface area contributed by atoms with E-state index in [2.05, 4.69) is 11.6 Å². The minimum absolute atomic E-state index is 0.0797. The number of ether oxygens (including phenoxy) is 1. The van der Waals surface area contributed by atoms with Gasteiger partial charge in [-0.2, -0.15) is 0 Å². The zero-order valence-electron chi connectivity index (χ0n) is 13.7. The number of carbonyl (C=O) groups is 2. The van der Waals surface area contributed by atoms with E-state index >= 15 is 0 Å². The normalized spacial score (nSPS) is 20.1. The Labute approximate surface area is 155 Å². The maximum absolute atomic E-state index is 12.7. The van der Waals surface area contributed by atoms with Gasteiger partial charge in [0.15, 0.2) is 5.17 Å². The Kier molecular flexibility index (Phi) is 5.30. The molecule has 5 nitrogen and oxygen atoms in total. The number of fused-ring (bicyclic) bond motifs is 1. The molecule has 2 aliphatic rings. The van der Waals surface area contributed by atoms with Crippen molar-refractivity contribution in [2.45, 2.75) is 19.4 Å². The topological polar surface area (TPSA) is 59.0 Å². The van der Waals surface area contributed by atoms with Gasteiger partial charge in [0.2, 0.25) is 5.91 Å². The van der Waals surface area contributed by atoms with Crippen LogP contribution in [-0.2, 0) is 14.3 Å². The molecule has 0 radical (unpaired) electrons. The standard InChI is InChI=1S/C18H17ClN2O3S/c1-3-9-24-17(23)15-11(2)20-18-21(14(22)8-10-25-18)16(15)12-6-4-5-7-13(12)19/h3-7,16H,1,8-10H2,2H3/t16-/m1/s1. The fraction of sp³-hybridized carbons (Fsp3) is 0.278. The lowest BCUT2D eigenvalue weighted by atomic mass is 9.94. The van der Waals surface area contributed by atoms with Crippen LogP contribution in [0.5, 0.6) is 0 Å². The maximum atomic E-state index is 12.7. The third-order valence-corrected chi connectivity index (χ3v) is 5.26. The molecule has 0 unspecified atom stereocenters. The Hall–Kier alpha value is -2.05. The van der Waals surface area contributed by atoms with E-state index in [1.54, 1.807) is 17.9 Å². The highest BCUT2D eigenvalue weighted by Crippen LogP contribution is 2.42. The molecule has 1 aromatic carbocycles. The smallest absolute Gasteiger partial charge is 0.338 e. The number of thioether (sulfide) groups is 1. The van der Waals surface area contributed by atoms with Gasteiger partial charge in [0.25, 0.3) is 0 Å². The van der Waals surface area contributed by atoms with Crippen LogP contribution in [0.1, 0.15) is 24.9 Å². The highest BCUT2D eigenvalue weighted by molar-refractivity contribution is 8.14. The number of amidine groups is 1. The third-order valence-electron chi connectivity index (χ3n) is 3.96. The molecule has 1 atom stereocenters. The highest BCUT2D eigenvalue weighted by atomic mass is 35.5. The van der Waals surface area contributed by atoms with Crippen molar-refractivity contribution in [2.75, 3.05) is 12.4 Å². The third kappa shape index (κ3) is 3.37. The molecule has 1 amide bonds. The number of benzene rings is 1. The van der Waals surface area contributed by atoms with Crippen LogP contribution >= 0.6 is 23.4 Å². The first-order valence-electron chi connectivity index (χ1n) is 7.81. The van der Waals surface area contributed by atoms with Crippen molar-refractivity contribution in [2.24, 2.45) is 4.99 Å². The molecule has 0 bridgehead atoms. The summed E-state index contributed by atoms with van der Waals surface area (Å²) in [6.07, 6.45) is 1.89. The van der Waals surface area contributed by atoms with Crippen molar-refractivity contribution in [3.05, 3.63) is 58.8 Å². The van der Waals surface area contributed by atoms with E-state index in [0.29, 0.717) is 39.2 Å². The van der Waals surface area contributed by atoms with Gasteiger partial charge < -0.3 is 4.74 Å². The Bertz CT molecular complexity index is 803. The first-order valence-corrected chi connectivity index (χ1v) is 9.17. The van der Waals surface area contributed by atoms with Crippen LogP contribution in [-0.4, -0.2) is 34.3 Å². The lowest BCUT2D eigenvalue weighted by Crippen LogP contribution is -2.46. The van der Waals surface area contributed by atoms with Gasteiger partial charge in [-0.05, 0) is 18.6 Å². The van der Waals surface area contributed by atoms with Crippen molar-refractivity contribution >= 4 is 40.4 Å². The Morgan fingerprint density at radius 1 is 1.52 bits per heavy atom. The summed E-state index contributed by atoms with van der Waals surface area (Å²) in [4.78, 5) is 31.3. The largest absolute Gasteiger partial charge is 0.458 e. The van der Waals surface area contributed by atoms with Gasteiger partial charge in [0.1, 0.15) is 6.61 Å². The zero-order valence-corrected chi connectivity index (χ0v) is 15.3. The number of amides is 1. The molecule has 1 saturated heterocycles. The zero-order chi connectivity index (χ0) is 18.0. The average molecular weight is 377 g/mol. The van der Waals surface area contributed by atoms with Crippen molar-refractivity contribution in [1.29, 1.82) is 0 Å². The highest BCUT2D eigenvalue weighted by Gasteiger charge is 2.42. The molecule has 1 fully saturated rings. The van der Waals surface area contributed by atoms with E-state index in [1.807, 2.05) is 18.2 Å². The number of hydrogen-bond acceptors (Lipinski definition) is 5. The van der Waals surface area contributed by atoms with Gasteiger partial charge in [-0.1, -0.05) is 54.2 Å². The van der Waals surface area contributed by atoms with Crippen molar-refractivity contribution in [1.82, 2.24) is 4.90 Å². The van der Waals surface area contributed by atoms with Crippen LogP contribution in [0.15, 0.2) is 53.2 Å². The quantitative estimate of drug-likeness (QED) is 0.593. The monoisotopic (exact) mass is 376 g/mol. The van der Waals surface area contributed by atoms with Crippen LogP contribution < -0.4 is 0 Å². The van der Waals surface area contributed by atoms with E-state index in [1.165, 1.54) is 17.8 Å². The molecule has 1 aromatic rings.